The van der Waals surface area contributed by atoms with Crippen LogP contribution in [0.4, 0.5) is 0 Å². The van der Waals surface area contributed by atoms with E-state index in [1.807, 2.05) is 42.6 Å². The Kier molecular flexibility index (Phi) is 8.66. The second-order valence-electron chi connectivity index (χ2n) is 6.83. The number of benzene rings is 1. The van der Waals surface area contributed by atoms with Crippen molar-refractivity contribution in [3.8, 4) is 17.4 Å². The lowest BCUT2D eigenvalue weighted by molar-refractivity contribution is 0.300. The molecule has 164 valence electrons. The van der Waals surface area contributed by atoms with E-state index in [2.05, 4.69) is 39.4 Å². The molecule has 0 aliphatic rings. The minimum absolute atomic E-state index is 0.525. The lowest BCUT2D eigenvalue weighted by atomic mass is 10.2. The number of nitrogens with zero attached hydrogens (tertiary/aromatic N) is 3. The highest BCUT2D eigenvalue weighted by Gasteiger charge is 2.11. The van der Waals surface area contributed by atoms with E-state index in [1.54, 1.807) is 24.6 Å². The van der Waals surface area contributed by atoms with Crippen LogP contribution in [0.5, 0.6) is 17.4 Å². The fraction of sp³-hybridized carbons (Fsp3) is 0.348. The van der Waals surface area contributed by atoms with E-state index in [0.29, 0.717) is 30.5 Å². The number of aromatic nitrogens is 2. The number of ether oxygens (including phenoxy) is 2. The molecule has 2 aromatic heterocycles. The molecule has 0 bridgehead atoms. The third-order valence-electron chi connectivity index (χ3n) is 4.34. The number of aliphatic imine (C=N–C) groups is 1. The summed E-state index contributed by atoms with van der Waals surface area (Å²) < 4.78 is 11.9. The smallest absolute Gasteiger partial charge is 0.224 e. The van der Waals surface area contributed by atoms with Gasteiger partial charge in [0.05, 0.1) is 11.6 Å². The molecule has 31 heavy (non-hydrogen) atoms. The summed E-state index contributed by atoms with van der Waals surface area (Å²) in [7, 11) is 1.75. The van der Waals surface area contributed by atoms with Gasteiger partial charge >= 0.3 is 0 Å². The molecule has 3 rings (SSSR count). The molecule has 0 saturated carbocycles. The van der Waals surface area contributed by atoms with Crippen LogP contribution < -0.4 is 20.1 Å². The predicted molar refractivity (Wildman–Crippen MR) is 125 cm³/mol. The first kappa shape index (κ1) is 22.6. The summed E-state index contributed by atoms with van der Waals surface area (Å²) in [6.45, 7) is 6.06. The number of guanidine groups is 1. The fourth-order valence-corrected chi connectivity index (χ4v) is 3.61. The number of aryl methyl sites for hydroxylation is 1. The van der Waals surface area contributed by atoms with Crippen molar-refractivity contribution in [1.29, 1.82) is 0 Å². The van der Waals surface area contributed by atoms with Crippen molar-refractivity contribution < 1.29 is 9.47 Å². The summed E-state index contributed by atoms with van der Waals surface area (Å²) in [5.74, 6) is 2.62. The summed E-state index contributed by atoms with van der Waals surface area (Å²) in [6.07, 6.45) is 5.41. The highest BCUT2D eigenvalue weighted by Crippen LogP contribution is 2.31. The Balaban J connectivity index is 1.58. The number of pyridine rings is 1. The van der Waals surface area contributed by atoms with E-state index in [-0.39, 0.29) is 0 Å². The van der Waals surface area contributed by atoms with Gasteiger partial charge in [-0.25, -0.2) is 9.97 Å². The van der Waals surface area contributed by atoms with Crippen molar-refractivity contribution >= 4 is 17.3 Å². The van der Waals surface area contributed by atoms with Gasteiger partial charge in [0.25, 0.3) is 0 Å². The van der Waals surface area contributed by atoms with Gasteiger partial charge in [-0.05, 0) is 31.5 Å². The van der Waals surface area contributed by atoms with Gasteiger partial charge in [0.2, 0.25) is 5.88 Å². The van der Waals surface area contributed by atoms with Crippen molar-refractivity contribution in [3.05, 3.63) is 64.2 Å². The van der Waals surface area contributed by atoms with Crippen LogP contribution in [0.3, 0.4) is 0 Å². The Morgan fingerprint density at radius 3 is 2.68 bits per heavy atom. The third kappa shape index (κ3) is 6.96. The second kappa shape index (κ2) is 11.9. The topological polar surface area (TPSA) is 80.7 Å². The van der Waals surface area contributed by atoms with Crippen LogP contribution in [0.2, 0.25) is 0 Å². The molecule has 3 aromatic rings. The number of hydrogen-bond acceptors (Lipinski definition) is 6. The maximum atomic E-state index is 6.10. The lowest BCUT2D eigenvalue weighted by Gasteiger charge is -2.15. The number of nitrogens with one attached hydrogen (secondary N) is 2. The van der Waals surface area contributed by atoms with Crippen LogP contribution >= 0.6 is 11.3 Å². The lowest BCUT2D eigenvalue weighted by Crippen LogP contribution is -2.37. The molecule has 0 aliphatic carbocycles. The minimum atomic E-state index is 0.525. The van der Waals surface area contributed by atoms with Gasteiger partial charge in [0, 0.05) is 49.4 Å². The van der Waals surface area contributed by atoms with E-state index in [9.17, 15) is 0 Å². The highest BCUT2D eigenvalue weighted by molar-refractivity contribution is 7.11. The minimum Gasteiger partial charge on any atom is -0.490 e. The van der Waals surface area contributed by atoms with Crippen LogP contribution in [0, 0.1) is 6.92 Å². The van der Waals surface area contributed by atoms with Crippen LogP contribution in [-0.4, -0.2) is 36.1 Å². The first-order valence-electron chi connectivity index (χ1n) is 10.4. The predicted octanol–water partition coefficient (Wildman–Crippen LogP) is 4.34. The molecule has 2 N–H and O–H groups in total. The summed E-state index contributed by atoms with van der Waals surface area (Å²) in [6, 6.07) is 11.5. The van der Waals surface area contributed by atoms with Crippen LogP contribution in [0.1, 0.15) is 28.8 Å². The first-order valence-corrected chi connectivity index (χ1v) is 11.2. The quantitative estimate of drug-likeness (QED) is 0.361. The van der Waals surface area contributed by atoms with Crippen molar-refractivity contribution in [2.24, 2.45) is 4.99 Å². The Labute approximate surface area is 187 Å². The number of rotatable bonds is 10. The van der Waals surface area contributed by atoms with Gasteiger partial charge in [0.1, 0.15) is 0 Å². The summed E-state index contributed by atoms with van der Waals surface area (Å²) in [5, 5.41) is 7.76. The van der Waals surface area contributed by atoms with E-state index < -0.39 is 0 Å². The van der Waals surface area contributed by atoms with E-state index >= 15 is 0 Å². The average molecular weight is 440 g/mol. The first-order chi connectivity index (χ1) is 15.2. The molecule has 1 aromatic carbocycles. The van der Waals surface area contributed by atoms with Gasteiger partial charge in [-0.1, -0.05) is 25.1 Å². The van der Waals surface area contributed by atoms with Crippen molar-refractivity contribution in [3.63, 3.8) is 0 Å². The molecule has 0 amide bonds. The fourth-order valence-electron chi connectivity index (χ4n) is 2.82. The van der Waals surface area contributed by atoms with Crippen molar-refractivity contribution in [2.45, 2.75) is 33.2 Å². The van der Waals surface area contributed by atoms with Crippen LogP contribution in [-0.2, 0) is 13.0 Å². The van der Waals surface area contributed by atoms with Gasteiger partial charge in [-0.3, -0.25) is 4.99 Å². The van der Waals surface area contributed by atoms with Crippen LogP contribution in [0.25, 0.3) is 0 Å². The van der Waals surface area contributed by atoms with E-state index in [1.165, 1.54) is 4.88 Å². The summed E-state index contributed by atoms with van der Waals surface area (Å²) >= 11 is 1.72. The average Bonchev–Trinajstić information content (AvgIpc) is 3.21. The van der Waals surface area contributed by atoms with Gasteiger partial charge in [-0.2, -0.15) is 0 Å². The third-order valence-corrected chi connectivity index (χ3v) is 5.31. The Morgan fingerprint density at radius 2 is 1.94 bits per heavy atom. The maximum Gasteiger partial charge on any atom is 0.224 e. The Hall–Kier alpha value is -3.13. The zero-order valence-corrected chi connectivity index (χ0v) is 19.0. The number of hydrogen-bond donors (Lipinski definition) is 2. The van der Waals surface area contributed by atoms with Gasteiger partial charge in [-0.15, -0.1) is 11.3 Å². The molecule has 0 aliphatic heterocycles. The van der Waals surface area contributed by atoms with E-state index in [4.69, 9.17) is 9.47 Å². The van der Waals surface area contributed by atoms with Gasteiger partial charge in [0.15, 0.2) is 17.5 Å². The molecule has 8 heteroatoms. The number of thiazole rings is 1. The molecule has 0 spiro atoms. The summed E-state index contributed by atoms with van der Waals surface area (Å²) in [5.41, 5.74) is 0.922. The summed E-state index contributed by atoms with van der Waals surface area (Å²) in [4.78, 5) is 14.3. The molecule has 0 saturated heterocycles. The highest BCUT2D eigenvalue weighted by atomic mass is 32.1. The molecule has 0 unspecified atom stereocenters. The molecular formula is C23H29N5O2S. The van der Waals surface area contributed by atoms with Crippen molar-refractivity contribution in [1.82, 2.24) is 20.6 Å². The van der Waals surface area contributed by atoms with Crippen LogP contribution in [0.15, 0.2) is 53.8 Å². The molecule has 0 atom stereocenters. The molecule has 2 heterocycles. The normalized spacial score (nSPS) is 11.3. The van der Waals surface area contributed by atoms with Gasteiger partial charge < -0.3 is 20.1 Å². The molecular weight excluding hydrogens is 410 g/mol. The zero-order chi connectivity index (χ0) is 21.9. The number of para-hydroxylation sites is 2. The molecule has 0 fully saturated rings. The largest absolute Gasteiger partial charge is 0.490 e. The SMILES string of the molecule is CCCOc1ccccc1Oc1ncccc1CNC(=NC)NCCc1ncc(C)s1. The molecule has 0 radical (unpaired) electrons. The Bertz CT molecular complexity index is 989. The standard InChI is InChI=1S/C23H29N5O2S/c1-4-14-29-19-9-5-6-10-20(19)30-22-18(8-7-12-25-22)16-28-23(24-3)26-13-11-21-27-15-17(2)31-21/h5-10,12,15H,4,11,13-14,16H2,1-3H3,(H2,24,26,28). The monoisotopic (exact) mass is 439 g/mol. The Morgan fingerprint density at radius 1 is 1.10 bits per heavy atom. The second-order valence-corrected chi connectivity index (χ2v) is 8.15. The van der Waals surface area contributed by atoms with E-state index in [0.717, 1.165) is 35.9 Å². The zero-order valence-electron chi connectivity index (χ0n) is 18.2. The van der Waals surface area contributed by atoms with Crippen molar-refractivity contribution in [2.75, 3.05) is 20.2 Å². The maximum absolute atomic E-state index is 6.10. The molecule has 7 nitrogen and oxygen atoms in total.